The van der Waals surface area contributed by atoms with Crippen LogP contribution in [0.1, 0.15) is 26.3 Å². The molecule has 0 N–H and O–H groups in total. The van der Waals surface area contributed by atoms with Crippen molar-refractivity contribution in [3.8, 4) is 0 Å². The van der Waals surface area contributed by atoms with Crippen LogP contribution < -0.4 is 10.4 Å². The fourth-order valence-electron chi connectivity index (χ4n) is 2.99. The van der Waals surface area contributed by atoms with E-state index >= 15 is 0 Å². The Morgan fingerprint density at radius 1 is 0.654 bits per heavy atom. The Hall–Kier alpha value is -2.20. The highest BCUT2D eigenvalue weighted by Crippen LogP contribution is 2.20. The van der Waals surface area contributed by atoms with Crippen molar-refractivity contribution in [3.63, 3.8) is 0 Å². The Morgan fingerprint density at radius 3 is 1.50 bits per heavy atom. The van der Waals surface area contributed by atoms with E-state index in [-0.39, 0.29) is 5.60 Å². The van der Waals surface area contributed by atoms with Gasteiger partial charge < -0.3 is 8.85 Å². The monoisotopic (exact) mass is 362 g/mol. The summed E-state index contributed by atoms with van der Waals surface area (Å²) in [5.41, 5.74) is 0.822. The molecular weight excluding hydrogens is 336 g/mol. The van der Waals surface area contributed by atoms with E-state index in [9.17, 15) is 0 Å². The van der Waals surface area contributed by atoms with Gasteiger partial charge in [-0.25, -0.2) is 0 Å². The van der Waals surface area contributed by atoms with Crippen molar-refractivity contribution in [1.82, 2.24) is 0 Å². The third-order valence-electron chi connectivity index (χ3n) is 4.04. The maximum absolute atomic E-state index is 6.74. The lowest BCUT2D eigenvalue weighted by molar-refractivity contribution is 0.0746. The van der Waals surface area contributed by atoms with Crippen LogP contribution in [-0.2, 0) is 15.5 Å². The lowest BCUT2D eigenvalue weighted by Gasteiger charge is -2.37. The molecule has 0 atom stereocenters. The van der Waals surface area contributed by atoms with Gasteiger partial charge in [-0.05, 0) is 36.7 Å². The first-order valence-corrected chi connectivity index (χ1v) is 10.8. The van der Waals surface area contributed by atoms with Crippen LogP contribution in [-0.4, -0.2) is 14.2 Å². The van der Waals surface area contributed by atoms with E-state index in [1.165, 1.54) is 0 Å². The van der Waals surface area contributed by atoms with Crippen LogP contribution in [0, 0.1) is 0 Å². The molecule has 134 valence electrons. The summed E-state index contributed by atoms with van der Waals surface area (Å²) in [6.07, 6.45) is 0. The van der Waals surface area contributed by atoms with Crippen LogP contribution in [0.3, 0.4) is 0 Å². The molecule has 26 heavy (non-hydrogen) atoms. The van der Waals surface area contributed by atoms with Crippen molar-refractivity contribution in [1.29, 1.82) is 0 Å². The number of rotatable bonds is 6. The second kappa shape index (κ2) is 8.00. The SMILES string of the molecule is CC(C)(C)O[Si](OCc1ccccc1)(c1ccccc1)c1ccccc1. The van der Waals surface area contributed by atoms with Crippen molar-refractivity contribution in [2.45, 2.75) is 33.0 Å². The third kappa shape index (κ3) is 4.49. The van der Waals surface area contributed by atoms with Crippen LogP contribution >= 0.6 is 0 Å². The molecule has 0 radical (unpaired) electrons. The molecule has 0 amide bonds. The number of benzene rings is 3. The summed E-state index contributed by atoms with van der Waals surface area (Å²) in [6, 6.07) is 31.0. The van der Waals surface area contributed by atoms with Gasteiger partial charge in [0, 0.05) is 0 Å². The smallest absolute Gasteiger partial charge is 0.383 e. The van der Waals surface area contributed by atoms with Gasteiger partial charge in [0.2, 0.25) is 0 Å². The van der Waals surface area contributed by atoms with Crippen LogP contribution in [0.4, 0.5) is 0 Å². The molecule has 2 nitrogen and oxygen atoms in total. The molecule has 3 rings (SSSR count). The Balaban J connectivity index is 2.08. The minimum Gasteiger partial charge on any atom is -0.383 e. The average molecular weight is 363 g/mol. The summed E-state index contributed by atoms with van der Waals surface area (Å²) < 4.78 is 13.4. The number of hydrogen-bond donors (Lipinski definition) is 0. The fourth-order valence-corrected chi connectivity index (χ4v) is 6.44. The molecule has 3 heteroatoms. The third-order valence-corrected chi connectivity index (χ3v) is 7.68. The zero-order valence-corrected chi connectivity index (χ0v) is 16.7. The highest BCUT2D eigenvalue weighted by molar-refractivity contribution is 6.92. The zero-order chi connectivity index (χ0) is 18.5. The van der Waals surface area contributed by atoms with Crippen LogP contribution in [0.15, 0.2) is 91.0 Å². The van der Waals surface area contributed by atoms with Gasteiger partial charge in [-0.1, -0.05) is 91.0 Å². The van der Waals surface area contributed by atoms with Crippen LogP contribution in [0.2, 0.25) is 0 Å². The maximum atomic E-state index is 6.74. The molecule has 0 fully saturated rings. The zero-order valence-electron chi connectivity index (χ0n) is 15.7. The summed E-state index contributed by atoms with van der Waals surface area (Å²) in [7, 11) is -2.87. The maximum Gasteiger partial charge on any atom is 0.407 e. The summed E-state index contributed by atoms with van der Waals surface area (Å²) >= 11 is 0. The van der Waals surface area contributed by atoms with E-state index < -0.39 is 8.56 Å². The molecular formula is C23H26O2Si. The molecule has 3 aromatic rings. The average Bonchev–Trinajstić information content (AvgIpc) is 2.66. The quantitative estimate of drug-likeness (QED) is 0.610. The van der Waals surface area contributed by atoms with Crippen molar-refractivity contribution in [2.24, 2.45) is 0 Å². The van der Waals surface area contributed by atoms with Crippen LogP contribution in [0.5, 0.6) is 0 Å². The molecule has 0 aliphatic heterocycles. The predicted molar refractivity (Wildman–Crippen MR) is 110 cm³/mol. The van der Waals surface area contributed by atoms with E-state index in [2.05, 4.69) is 81.4 Å². The molecule has 0 aliphatic rings. The Labute approximate surface area is 157 Å². The molecule has 0 saturated heterocycles. The molecule has 0 saturated carbocycles. The van der Waals surface area contributed by atoms with Gasteiger partial charge in [-0.3, -0.25) is 0 Å². The van der Waals surface area contributed by atoms with E-state index in [0.717, 1.165) is 15.9 Å². The molecule has 0 spiro atoms. The second-order valence-electron chi connectivity index (χ2n) is 7.34. The Kier molecular flexibility index (Phi) is 5.72. The van der Waals surface area contributed by atoms with Gasteiger partial charge >= 0.3 is 8.56 Å². The molecule has 0 aromatic heterocycles. The van der Waals surface area contributed by atoms with E-state index in [4.69, 9.17) is 8.85 Å². The van der Waals surface area contributed by atoms with E-state index in [1.54, 1.807) is 0 Å². The summed E-state index contributed by atoms with van der Waals surface area (Å²) in [6.45, 7) is 6.79. The van der Waals surface area contributed by atoms with Gasteiger partial charge in [0.05, 0.1) is 12.2 Å². The molecule has 0 heterocycles. The van der Waals surface area contributed by atoms with Gasteiger partial charge in [-0.2, -0.15) is 0 Å². The lowest BCUT2D eigenvalue weighted by Crippen LogP contribution is -2.65. The first kappa shape index (κ1) is 18.6. The van der Waals surface area contributed by atoms with E-state index in [0.29, 0.717) is 6.61 Å². The Morgan fingerprint density at radius 2 is 1.08 bits per heavy atom. The highest BCUT2D eigenvalue weighted by atomic mass is 28.4. The minimum atomic E-state index is -2.87. The minimum absolute atomic E-state index is 0.325. The lowest BCUT2D eigenvalue weighted by atomic mass is 10.2. The second-order valence-corrected chi connectivity index (χ2v) is 10.2. The van der Waals surface area contributed by atoms with Crippen molar-refractivity contribution < 1.29 is 8.85 Å². The summed E-state index contributed by atoms with van der Waals surface area (Å²) in [5, 5.41) is 2.24. The largest absolute Gasteiger partial charge is 0.407 e. The van der Waals surface area contributed by atoms with E-state index in [1.807, 2.05) is 30.3 Å². The van der Waals surface area contributed by atoms with Crippen molar-refractivity contribution in [3.05, 3.63) is 96.6 Å². The van der Waals surface area contributed by atoms with Gasteiger partial charge in [0.25, 0.3) is 0 Å². The molecule has 0 unspecified atom stereocenters. The standard InChI is InChI=1S/C23H26O2Si/c1-23(2,3)25-26(21-15-9-5-10-16-21,22-17-11-6-12-18-22)24-19-20-13-7-4-8-14-20/h4-18H,19H2,1-3H3. The summed E-state index contributed by atoms with van der Waals surface area (Å²) in [5.74, 6) is 0. The molecule has 0 aliphatic carbocycles. The Bertz CT molecular complexity index is 756. The van der Waals surface area contributed by atoms with Crippen molar-refractivity contribution >= 4 is 18.9 Å². The summed E-state index contributed by atoms with van der Waals surface area (Å²) in [4.78, 5) is 0. The van der Waals surface area contributed by atoms with Gasteiger partial charge in [-0.15, -0.1) is 0 Å². The van der Waals surface area contributed by atoms with Gasteiger partial charge in [0.15, 0.2) is 0 Å². The van der Waals surface area contributed by atoms with Crippen LogP contribution in [0.25, 0.3) is 0 Å². The molecule has 0 bridgehead atoms. The molecule has 3 aromatic carbocycles. The number of hydrogen-bond acceptors (Lipinski definition) is 2. The first-order valence-electron chi connectivity index (χ1n) is 8.99. The van der Waals surface area contributed by atoms with Gasteiger partial charge in [0.1, 0.15) is 0 Å². The topological polar surface area (TPSA) is 18.5 Å². The highest BCUT2D eigenvalue weighted by Gasteiger charge is 2.45. The first-order chi connectivity index (χ1) is 12.5. The predicted octanol–water partition coefficient (Wildman–Crippen LogP) is 4.27. The van der Waals surface area contributed by atoms with Crippen molar-refractivity contribution in [2.75, 3.05) is 0 Å². The normalized spacial score (nSPS) is 12.1. The fraction of sp³-hybridized carbons (Fsp3) is 0.217.